The van der Waals surface area contributed by atoms with Gasteiger partial charge in [0.2, 0.25) is 0 Å². The van der Waals surface area contributed by atoms with E-state index >= 15 is 0 Å². The van der Waals surface area contributed by atoms with Gasteiger partial charge in [0, 0.05) is 22.8 Å². The Morgan fingerprint density at radius 3 is 2.71 bits per heavy atom. The van der Waals surface area contributed by atoms with E-state index in [1.807, 2.05) is 0 Å². The molecule has 88 valence electrons. The number of alkyl halides is 1. The average molecular weight is 289 g/mol. The Labute approximate surface area is 114 Å². The monoisotopic (exact) mass is 287 g/mol. The van der Waals surface area contributed by atoms with E-state index in [1.54, 1.807) is 30.5 Å². The van der Waals surface area contributed by atoms with Crippen molar-refractivity contribution >= 4 is 34.8 Å². The van der Waals surface area contributed by atoms with Crippen molar-refractivity contribution in [1.29, 1.82) is 0 Å². The Kier molecular flexibility index (Phi) is 4.11. The molecule has 0 saturated carbocycles. The fraction of sp³-hybridized carbons (Fsp3) is 0.0833. The number of rotatable bonds is 3. The lowest BCUT2D eigenvalue weighted by Gasteiger charge is -2.10. The number of hydrogen-bond donors (Lipinski definition) is 0. The van der Waals surface area contributed by atoms with E-state index in [0.29, 0.717) is 21.5 Å². The largest absolute Gasteiger partial charge is 0.455 e. The highest BCUT2D eigenvalue weighted by atomic mass is 35.5. The van der Waals surface area contributed by atoms with E-state index in [2.05, 4.69) is 4.98 Å². The Morgan fingerprint density at radius 2 is 2.00 bits per heavy atom. The predicted molar refractivity (Wildman–Crippen MR) is 70.3 cm³/mol. The first-order valence-corrected chi connectivity index (χ1v) is 6.11. The van der Waals surface area contributed by atoms with Crippen LogP contribution in [0.1, 0.15) is 5.56 Å². The van der Waals surface area contributed by atoms with Crippen LogP contribution in [0.25, 0.3) is 0 Å². The van der Waals surface area contributed by atoms with Gasteiger partial charge in [-0.15, -0.1) is 11.6 Å². The minimum atomic E-state index is 0.281. The lowest BCUT2D eigenvalue weighted by Crippen LogP contribution is -1.91. The van der Waals surface area contributed by atoms with Gasteiger partial charge in [0.1, 0.15) is 11.5 Å². The molecule has 0 amide bonds. The van der Waals surface area contributed by atoms with Gasteiger partial charge >= 0.3 is 0 Å². The highest BCUT2D eigenvalue weighted by molar-refractivity contribution is 6.32. The summed E-state index contributed by atoms with van der Waals surface area (Å²) < 4.78 is 5.65. The molecule has 2 nitrogen and oxygen atoms in total. The first-order valence-electron chi connectivity index (χ1n) is 4.82. The van der Waals surface area contributed by atoms with Crippen LogP contribution in [-0.4, -0.2) is 4.98 Å². The molecule has 2 rings (SSSR count). The molecule has 0 unspecified atom stereocenters. The van der Waals surface area contributed by atoms with Crippen LogP contribution in [0, 0.1) is 0 Å². The second-order valence-corrected chi connectivity index (χ2v) is 4.40. The zero-order valence-corrected chi connectivity index (χ0v) is 10.9. The van der Waals surface area contributed by atoms with E-state index in [0.717, 1.165) is 5.56 Å². The fourth-order valence-corrected chi connectivity index (χ4v) is 2.08. The van der Waals surface area contributed by atoms with Gasteiger partial charge in [0.25, 0.3) is 0 Å². The molecule has 5 heteroatoms. The standard InChI is InChI=1S/C12H8Cl3NO/c13-5-10-11(15)2-1-3-12(10)17-9-4-8(14)6-16-7-9/h1-4,6-7H,5H2. The van der Waals surface area contributed by atoms with Gasteiger partial charge in [0.05, 0.1) is 17.1 Å². The van der Waals surface area contributed by atoms with Gasteiger partial charge in [-0.25, -0.2) is 0 Å². The summed E-state index contributed by atoms with van der Waals surface area (Å²) in [6.07, 6.45) is 3.11. The van der Waals surface area contributed by atoms with Crippen molar-refractivity contribution in [1.82, 2.24) is 4.98 Å². The maximum absolute atomic E-state index is 6.02. The summed E-state index contributed by atoms with van der Waals surface area (Å²) in [6.45, 7) is 0. The van der Waals surface area contributed by atoms with Crippen molar-refractivity contribution in [3.63, 3.8) is 0 Å². The molecular weight excluding hydrogens is 280 g/mol. The van der Waals surface area contributed by atoms with Gasteiger partial charge in [0.15, 0.2) is 0 Å². The molecule has 0 bridgehead atoms. The van der Waals surface area contributed by atoms with E-state index in [9.17, 15) is 0 Å². The van der Waals surface area contributed by atoms with E-state index in [4.69, 9.17) is 39.5 Å². The highest BCUT2D eigenvalue weighted by Crippen LogP contribution is 2.31. The molecule has 17 heavy (non-hydrogen) atoms. The van der Waals surface area contributed by atoms with Crippen LogP contribution in [0.5, 0.6) is 11.5 Å². The van der Waals surface area contributed by atoms with Crippen molar-refractivity contribution in [3.05, 3.63) is 52.3 Å². The topological polar surface area (TPSA) is 22.1 Å². The van der Waals surface area contributed by atoms with Crippen LogP contribution in [-0.2, 0) is 5.88 Å². The van der Waals surface area contributed by atoms with Crippen LogP contribution < -0.4 is 4.74 Å². The summed E-state index contributed by atoms with van der Waals surface area (Å²) in [7, 11) is 0. The zero-order valence-electron chi connectivity index (χ0n) is 8.66. The normalized spacial score (nSPS) is 10.3. The summed E-state index contributed by atoms with van der Waals surface area (Å²) >= 11 is 17.7. The maximum Gasteiger partial charge on any atom is 0.147 e. The quantitative estimate of drug-likeness (QED) is 0.748. The number of benzene rings is 1. The molecule has 0 aliphatic carbocycles. The summed E-state index contributed by atoms with van der Waals surface area (Å²) in [4.78, 5) is 3.94. The van der Waals surface area contributed by atoms with Crippen LogP contribution in [0.15, 0.2) is 36.7 Å². The van der Waals surface area contributed by atoms with Gasteiger partial charge in [-0.3, -0.25) is 4.98 Å². The number of ether oxygens (including phenoxy) is 1. The van der Waals surface area contributed by atoms with Crippen LogP contribution >= 0.6 is 34.8 Å². The van der Waals surface area contributed by atoms with Crippen LogP contribution in [0.4, 0.5) is 0 Å². The molecule has 0 radical (unpaired) electrons. The summed E-state index contributed by atoms with van der Waals surface area (Å²) in [5, 5.41) is 1.09. The molecule has 0 saturated heterocycles. The molecule has 2 aromatic rings. The first kappa shape index (κ1) is 12.5. The Morgan fingerprint density at radius 1 is 1.18 bits per heavy atom. The molecule has 1 heterocycles. The zero-order chi connectivity index (χ0) is 12.3. The number of hydrogen-bond acceptors (Lipinski definition) is 2. The third kappa shape index (κ3) is 3.03. The summed E-state index contributed by atoms with van der Waals surface area (Å²) in [5.74, 6) is 1.44. The third-order valence-electron chi connectivity index (χ3n) is 2.12. The Hall–Kier alpha value is -0.960. The van der Waals surface area contributed by atoms with Crippen molar-refractivity contribution in [2.45, 2.75) is 5.88 Å². The second-order valence-electron chi connectivity index (χ2n) is 3.29. The van der Waals surface area contributed by atoms with Crippen molar-refractivity contribution in [2.75, 3.05) is 0 Å². The molecule has 0 fully saturated rings. The van der Waals surface area contributed by atoms with Gasteiger partial charge in [-0.1, -0.05) is 29.3 Å². The lowest BCUT2D eigenvalue weighted by molar-refractivity contribution is 0.476. The molecule has 0 aliphatic rings. The highest BCUT2D eigenvalue weighted by Gasteiger charge is 2.08. The fourth-order valence-electron chi connectivity index (χ4n) is 1.34. The molecule has 0 aliphatic heterocycles. The van der Waals surface area contributed by atoms with Crippen LogP contribution in [0.2, 0.25) is 10.0 Å². The molecule has 1 aromatic heterocycles. The Balaban J connectivity index is 2.33. The predicted octanol–water partition coefficient (Wildman–Crippen LogP) is 4.92. The van der Waals surface area contributed by atoms with E-state index in [1.165, 1.54) is 6.20 Å². The van der Waals surface area contributed by atoms with E-state index < -0.39 is 0 Å². The maximum atomic E-state index is 6.02. The Bertz CT molecular complexity index is 531. The van der Waals surface area contributed by atoms with Gasteiger partial charge in [-0.2, -0.15) is 0 Å². The van der Waals surface area contributed by atoms with Crippen LogP contribution in [0.3, 0.4) is 0 Å². The smallest absolute Gasteiger partial charge is 0.147 e. The third-order valence-corrected chi connectivity index (χ3v) is 2.95. The van der Waals surface area contributed by atoms with Gasteiger partial charge < -0.3 is 4.74 Å². The van der Waals surface area contributed by atoms with Crippen molar-refractivity contribution < 1.29 is 4.74 Å². The minimum Gasteiger partial charge on any atom is -0.455 e. The minimum absolute atomic E-state index is 0.281. The average Bonchev–Trinajstić information content (AvgIpc) is 2.29. The number of nitrogens with zero attached hydrogens (tertiary/aromatic N) is 1. The molecule has 0 atom stereocenters. The molecule has 0 spiro atoms. The van der Waals surface area contributed by atoms with Crippen molar-refractivity contribution in [3.8, 4) is 11.5 Å². The second kappa shape index (κ2) is 5.58. The number of aromatic nitrogens is 1. The van der Waals surface area contributed by atoms with Crippen molar-refractivity contribution in [2.24, 2.45) is 0 Å². The lowest BCUT2D eigenvalue weighted by atomic mass is 10.2. The molecular formula is C12H8Cl3NO. The molecule has 0 N–H and O–H groups in total. The first-order chi connectivity index (χ1) is 8.20. The number of halogens is 3. The SMILES string of the molecule is ClCc1c(Cl)cccc1Oc1cncc(Cl)c1. The van der Waals surface area contributed by atoms with E-state index in [-0.39, 0.29) is 5.88 Å². The molecule has 1 aromatic carbocycles. The summed E-state index contributed by atoms with van der Waals surface area (Å²) in [6, 6.07) is 7.03. The summed E-state index contributed by atoms with van der Waals surface area (Å²) in [5.41, 5.74) is 0.746. The van der Waals surface area contributed by atoms with Gasteiger partial charge in [-0.05, 0) is 12.1 Å². The number of pyridine rings is 1.